The topological polar surface area (TPSA) is 15.3 Å². The highest BCUT2D eigenvalue weighted by Crippen LogP contribution is 2.50. The zero-order valence-corrected chi connectivity index (χ0v) is 12.1. The Bertz CT molecular complexity index is 526. The second-order valence-corrected chi connectivity index (χ2v) is 7.35. The van der Waals surface area contributed by atoms with Crippen molar-refractivity contribution in [3.05, 3.63) is 29.8 Å². The Morgan fingerprint density at radius 1 is 1.05 bits per heavy atom. The fourth-order valence-corrected chi connectivity index (χ4v) is 5.73. The van der Waals surface area contributed by atoms with E-state index >= 15 is 0 Å². The van der Waals surface area contributed by atoms with Crippen molar-refractivity contribution < 1.29 is 0 Å². The van der Waals surface area contributed by atoms with Crippen LogP contribution in [0.5, 0.6) is 0 Å². The van der Waals surface area contributed by atoms with Gasteiger partial charge in [-0.2, -0.15) is 0 Å². The van der Waals surface area contributed by atoms with Crippen LogP contribution in [0, 0.1) is 11.8 Å². The summed E-state index contributed by atoms with van der Waals surface area (Å²) < 4.78 is 0. The minimum absolute atomic E-state index is 0.689. The van der Waals surface area contributed by atoms with E-state index in [1.807, 2.05) is 0 Å². The predicted molar refractivity (Wildman–Crippen MR) is 82.0 cm³/mol. The van der Waals surface area contributed by atoms with Gasteiger partial charge in [-0.05, 0) is 49.3 Å². The van der Waals surface area contributed by atoms with E-state index < -0.39 is 0 Å². The van der Waals surface area contributed by atoms with Crippen molar-refractivity contribution in [3.63, 3.8) is 0 Å². The van der Waals surface area contributed by atoms with Gasteiger partial charge in [-0.1, -0.05) is 31.0 Å². The van der Waals surface area contributed by atoms with Gasteiger partial charge in [-0.15, -0.1) is 0 Å². The molecule has 4 aliphatic rings. The molecular formula is C18H24N2. The minimum Gasteiger partial charge on any atom is -0.380 e. The summed E-state index contributed by atoms with van der Waals surface area (Å²) in [6.45, 7) is 2.71. The number of hydrogen-bond acceptors (Lipinski definition) is 2. The molecule has 3 fully saturated rings. The standard InChI is InChI=1S/C18H24N2/c1-2-6-13-12(5-1)11-20-10-9-15-14-7-3-4-8-16(14)19-17(15)18(13)20/h3-4,7-8,12-13,15,17-19H,1-2,5-6,9-11H2. The SMILES string of the molecule is c1ccc2c(c1)NC1C2CCN2CC3CCCCC3C12. The molecule has 1 aromatic rings. The quantitative estimate of drug-likeness (QED) is 0.775. The molecule has 20 heavy (non-hydrogen) atoms. The molecule has 0 bridgehead atoms. The zero-order chi connectivity index (χ0) is 13.1. The third-order valence-corrected chi connectivity index (χ3v) is 6.51. The average molecular weight is 268 g/mol. The zero-order valence-electron chi connectivity index (χ0n) is 12.1. The highest BCUT2D eigenvalue weighted by molar-refractivity contribution is 5.60. The summed E-state index contributed by atoms with van der Waals surface area (Å²) in [5, 5.41) is 3.90. The lowest BCUT2D eigenvalue weighted by Crippen LogP contribution is -2.51. The Balaban J connectivity index is 1.51. The van der Waals surface area contributed by atoms with Crippen LogP contribution in [0.2, 0.25) is 0 Å². The van der Waals surface area contributed by atoms with Crippen LogP contribution in [0.1, 0.15) is 43.6 Å². The largest absolute Gasteiger partial charge is 0.380 e. The van der Waals surface area contributed by atoms with Crippen LogP contribution < -0.4 is 5.32 Å². The molecule has 1 N–H and O–H groups in total. The number of hydrogen-bond donors (Lipinski definition) is 1. The number of benzene rings is 1. The number of anilines is 1. The second-order valence-electron chi connectivity index (χ2n) is 7.35. The Labute approximate surface area is 121 Å². The lowest BCUT2D eigenvalue weighted by Gasteiger charge is -2.42. The minimum atomic E-state index is 0.689. The van der Waals surface area contributed by atoms with E-state index in [1.54, 1.807) is 5.56 Å². The number of rotatable bonds is 0. The number of nitrogens with zero attached hydrogens (tertiary/aromatic N) is 1. The van der Waals surface area contributed by atoms with Gasteiger partial charge >= 0.3 is 0 Å². The van der Waals surface area contributed by atoms with Gasteiger partial charge in [0.15, 0.2) is 0 Å². The fraction of sp³-hybridized carbons (Fsp3) is 0.667. The maximum Gasteiger partial charge on any atom is 0.0489 e. The van der Waals surface area contributed by atoms with Crippen molar-refractivity contribution >= 4 is 5.69 Å². The molecule has 5 rings (SSSR count). The summed E-state index contributed by atoms with van der Waals surface area (Å²) >= 11 is 0. The molecule has 0 aromatic heterocycles. The Hall–Kier alpha value is -1.02. The summed E-state index contributed by atoms with van der Waals surface area (Å²) in [5.74, 6) is 2.74. The van der Waals surface area contributed by atoms with Crippen molar-refractivity contribution in [3.8, 4) is 0 Å². The summed E-state index contributed by atoms with van der Waals surface area (Å²) in [5.41, 5.74) is 3.01. The summed E-state index contributed by atoms with van der Waals surface area (Å²) in [4.78, 5) is 2.83. The maximum absolute atomic E-state index is 3.90. The van der Waals surface area contributed by atoms with E-state index in [1.165, 1.54) is 50.9 Å². The Kier molecular flexibility index (Phi) is 2.46. The van der Waals surface area contributed by atoms with Gasteiger partial charge in [0.05, 0.1) is 0 Å². The first-order valence-electron chi connectivity index (χ1n) is 8.51. The van der Waals surface area contributed by atoms with Crippen LogP contribution in [0.4, 0.5) is 5.69 Å². The first-order chi connectivity index (χ1) is 9.92. The van der Waals surface area contributed by atoms with Crippen molar-refractivity contribution in [2.75, 3.05) is 18.4 Å². The van der Waals surface area contributed by atoms with Gasteiger partial charge in [-0.3, -0.25) is 4.90 Å². The molecule has 106 valence electrons. The smallest absolute Gasteiger partial charge is 0.0489 e. The molecule has 0 spiro atoms. The molecule has 1 aromatic carbocycles. The third kappa shape index (κ3) is 1.49. The summed E-state index contributed by atoms with van der Waals surface area (Å²) in [6.07, 6.45) is 7.26. The van der Waals surface area contributed by atoms with Crippen molar-refractivity contribution in [1.29, 1.82) is 0 Å². The van der Waals surface area contributed by atoms with Crippen molar-refractivity contribution in [1.82, 2.24) is 4.90 Å². The van der Waals surface area contributed by atoms with Gasteiger partial charge < -0.3 is 5.32 Å². The monoisotopic (exact) mass is 268 g/mol. The summed E-state index contributed by atoms with van der Waals surface area (Å²) in [7, 11) is 0. The average Bonchev–Trinajstić information content (AvgIpc) is 3.04. The van der Waals surface area contributed by atoms with Crippen LogP contribution in [0.15, 0.2) is 24.3 Å². The molecule has 3 heterocycles. The Morgan fingerprint density at radius 2 is 1.95 bits per heavy atom. The molecule has 0 radical (unpaired) electrons. The van der Waals surface area contributed by atoms with Gasteiger partial charge in [0.1, 0.15) is 0 Å². The molecule has 1 aliphatic carbocycles. The normalized spacial score (nSPS) is 42.3. The second kappa shape index (κ2) is 4.24. The molecule has 2 nitrogen and oxygen atoms in total. The Morgan fingerprint density at radius 3 is 2.95 bits per heavy atom. The van der Waals surface area contributed by atoms with E-state index in [2.05, 4.69) is 34.5 Å². The third-order valence-electron chi connectivity index (χ3n) is 6.51. The van der Waals surface area contributed by atoms with Crippen molar-refractivity contribution in [2.24, 2.45) is 11.8 Å². The molecular weight excluding hydrogens is 244 g/mol. The summed E-state index contributed by atoms with van der Waals surface area (Å²) in [6, 6.07) is 10.5. The van der Waals surface area contributed by atoms with E-state index in [9.17, 15) is 0 Å². The van der Waals surface area contributed by atoms with E-state index in [-0.39, 0.29) is 0 Å². The van der Waals surface area contributed by atoms with Crippen LogP contribution in [0.3, 0.4) is 0 Å². The highest BCUT2D eigenvalue weighted by atomic mass is 15.2. The predicted octanol–water partition coefficient (Wildman–Crippen LogP) is 3.46. The van der Waals surface area contributed by atoms with E-state index in [0.717, 1.165) is 23.8 Å². The van der Waals surface area contributed by atoms with Crippen LogP contribution in [-0.4, -0.2) is 30.1 Å². The number of fused-ring (bicyclic) bond motifs is 7. The van der Waals surface area contributed by atoms with Gasteiger partial charge in [0.2, 0.25) is 0 Å². The first-order valence-corrected chi connectivity index (χ1v) is 8.51. The lowest BCUT2D eigenvalue weighted by atomic mass is 9.73. The first kappa shape index (κ1) is 11.6. The number of piperidine rings is 1. The molecule has 0 amide bonds. The van der Waals surface area contributed by atoms with Crippen LogP contribution in [0.25, 0.3) is 0 Å². The van der Waals surface area contributed by atoms with Gasteiger partial charge in [0.25, 0.3) is 0 Å². The molecule has 3 aliphatic heterocycles. The molecule has 1 saturated carbocycles. The van der Waals surface area contributed by atoms with Crippen LogP contribution in [-0.2, 0) is 0 Å². The van der Waals surface area contributed by atoms with E-state index in [0.29, 0.717) is 6.04 Å². The fourth-order valence-electron chi connectivity index (χ4n) is 5.73. The van der Waals surface area contributed by atoms with Crippen LogP contribution >= 0.6 is 0 Å². The number of para-hydroxylation sites is 1. The molecule has 5 atom stereocenters. The van der Waals surface area contributed by atoms with Crippen molar-refractivity contribution in [2.45, 2.75) is 50.1 Å². The number of nitrogens with one attached hydrogen (secondary N) is 1. The molecule has 2 heteroatoms. The highest BCUT2D eigenvalue weighted by Gasteiger charge is 2.52. The molecule has 5 unspecified atom stereocenters. The van der Waals surface area contributed by atoms with Gasteiger partial charge in [-0.25, -0.2) is 0 Å². The van der Waals surface area contributed by atoms with Gasteiger partial charge in [0, 0.05) is 30.2 Å². The lowest BCUT2D eigenvalue weighted by molar-refractivity contribution is 0.138. The molecule has 2 saturated heterocycles. The van der Waals surface area contributed by atoms with E-state index in [4.69, 9.17) is 0 Å². The maximum atomic E-state index is 3.90.